The second kappa shape index (κ2) is 8.54. The number of aromatic nitrogens is 6. The van der Waals surface area contributed by atoms with Crippen LogP contribution in [0.5, 0.6) is 0 Å². The van der Waals surface area contributed by atoms with Crippen molar-refractivity contribution < 1.29 is 22.6 Å². The van der Waals surface area contributed by atoms with Gasteiger partial charge in [-0.05, 0) is 18.2 Å². The van der Waals surface area contributed by atoms with Gasteiger partial charge in [0, 0.05) is 17.8 Å². The van der Waals surface area contributed by atoms with Crippen molar-refractivity contribution in [2.45, 2.75) is 0 Å². The minimum atomic E-state index is -0.507. The number of anilines is 5. The number of nitro groups is 1. The van der Waals surface area contributed by atoms with E-state index in [1.54, 1.807) is 18.2 Å². The molecule has 4 heterocycles. The zero-order chi connectivity index (χ0) is 23.5. The van der Waals surface area contributed by atoms with Crippen molar-refractivity contribution in [1.82, 2.24) is 30.4 Å². The third-order valence-electron chi connectivity index (χ3n) is 4.14. The minimum Gasteiger partial charge on any atom is -0.423 e. The Morgan fingerprint density at radius 2 is 1.35 bits per heavy atom. The lowest BCUT2D eigenvalue weighted by Crippen LogP contribution is -1.89. The summed E-state index contributed by atoms with van der Waals surface area (Å²) in [6, 6.07) is 10.1. The van der Waals surface area contributed by atoms with Crippen LogP contribution in [0.2, 0.25) is 0 Å². The smallest absolute Gasteiger partial charge is 0.323 e. The molecule has 0 radical (unpaired) electrons. The number of non-ortho nitro benzene ring substituents is 1. The number of nitrogens with zero attached hydrogens (tertiary/aromatic N) is 7. The second-order valence-corrected chi connectivity index (χ2v) is 6.41. The molecule has 16 nitrogen and oxygen atoms in total. The average Bonchev–Trinajstić information content (AvgIpc) is 3.61. The first-order valence-electron chi connectivity index (χ1n) is 9.31. The molecule has 0 saturated heterocycles. The first-order valence-corrected chi connectivity index (χ1v) is 9.31. The zero-order valence-corrected chi connectivity index (χ0v) is 16.8. The molecule has 170 valence electrons. The number of benzene rings is 2. The predicted molar refractivity (Wildman–Crippen MR) is 114 cm³/mol. The molecule has 6 aromatic rings. The Labute approximate surface area is 186 Å². The Kier molecular flexibility index (Phi) is 5.11. The van der Waals surface area contributed by atoms with Gasteiger partial charge in [0.2, 0.25) is 12.8 Å². The molecule has 0 aliphatic rings. The van der Waals surface area contributed by atoms with Crippen LogP contribution in [-0.4, -0.2) is 35.3 Å². The average molecular weight is 464 g/mol. The van der Waals surface area contributed by atoms with Crippen molar-refractivity contribution in [2.75, 3.05) is 16.4 Å². The van der Waals surface area contributed by atoms with Gasteiger partial charge in [0.15, 0.2) is 11.2 Å². The van der Waals surface area contributed by atoms with E-state index in [9.17, 15) is 10.1 Å². The summed E-state index contributed by atoms with van der Waals surface area (Å²) in [6.45, 7) is 0. The summed E-state index contributed by atoms with van der Waals surface area (Å²) < 4.78 is 20.4. The molecule has 0 atom stereocenters. The Morgan fingerprint density at radius 1 is 0.794 bits per heavy atom. The van der Waals surface area contributed by atoms with Crippen LogP contribution in [0.15, 0.2) is 66.9 Å². The fraction of sp³-hybridized carbons (Fsp3) is 0. The molecule has 0 aliphatic carbocycles. The van der Waals surface area contributed by atoms with Crippen molar-refractivity contribution >= 4 is 57.6 Å². The van der Waals surface area contributed by atoms with E-state index in [0.717, 1.165) is 6.39 Å². The maximum atomic E-state index is 10.6. The van der Waals surface area contributed by atoms with Gasteiger partial charge in [-0.2, -0.15) is 9.97 Å². The topological polar surface area (TPSA) is 223 Å². The molecular weight excluding hydrogens is 452 g/mol. The highest BCUT2D eigenvalue weighted by Gasteiger charge is 2.13. The molecule has 0 amide bonds. The number of oxazole rings is 2. The third-order valence-corrected chi connectivity index (χ3v) is 4.14. The highest BCUT2D eigenvalue weighted by Crippen LogP contribution is 2.25. The summed E-state index contributed by atoms with van der Waals surface area (Å²) in [5.74, 6) is 0. The van der Waals surface area contributed by atoms with Gasteiger partial charge in [-0.25, -0.2) is 0 Å². The molecule has 0 saturated carbocycles. The van der Waals surface area contributed by atoms with E-state index in [4.69, 9.17) is 23.4 Å². The Hall–Kier alpha value is -5.54. The predicted octanol–water partition coefficient (Wildman–Crippen LogP) is 3.40. The van der Waals surface area contributed by atoms with E-state index in [1.807, 2.05) is 0 Å². The van der Waals surface area contributed by atoms with Crippen molar-refractivity contribution in [3.63, 3.8) is 0 Å². The fourth-order valence-corrected chi connectivity index (χ4v) is 2.71. The quantitative estimate of drug-likeness (QED) is 0.189. The summed E-state index contributed by atoms with van der Waals surface area (Å²) in [5, 5.41) is 30.2. The molecule has 0 fully saturated rings. The molecule has 0 aliphatic heterocycles. The molecule has 0 unspecified atom stereocenters. The third kappa shape index (κ3) is 4.40. The lowest BCUT2D eigenvalue weighted by atomic mass is 10.3. The van der Waals surface area contributed by atoms with Crippen molar-refractivity contribution in [3.05, 3.63) is 59.3 Å². The Morgan fingerprint density at radius 3 is 1.88 bits per heavy atom. The van der Waals surface area contributed by atoms with Crippen LogP contribution in [0.4, 0.5) is 35.4 Å². The number of nitrogens with two attached hydrogens (primary N) is 1. The van der Waals surface area contributed by atoms with E-state index >= 15 is 0 Å². The molecule has 4 aromatic heterocycles. The first kappa shape index (κ1) is 20.4. The van der Waals surface area contributed by atoms with E-state index in [-0.39, 0.29) is 29.7 Å². The van der Waals surface area contributed by atoms with E-state index in [0.29, 0.717) is 27.9 Å². The fourth-order valence-electron chi connectivity index (χ4n) is 2.71. The molecule has 4 N–H and O–H groups in total. The van der Waals surface area contributed by atoms with Gasteiger partial charge in [-0.15, -0.1) is 10.2 Å². The monoisotopic (exact) mass is 464 g/mol. The van der Waals surface area contributed by atoms with Gasteiger partial charge in [-0.3, -0.25) is 20.7 Å². The number of hydrogen-bond donors (Lipinski definition) is 3. The minimum absolute atomic E-state index is 0.0667. The van der Waals surface area contributed by atoms with Crippen LogP contribution in [-0.2, 0) is 0 Å². The van der Waals surface area contributed by atoms with E-state index in [2.05, 4.69) is 41.0 Å². The number of hydrogen-bond acceptors (Lipinski definition) is 15. The molecule has 34 heavy (non-hydrogen) atoms. The number of nitrogens with one attached hydrogen (secondary N) is 2. The maximum Gasteiger partial charge on any atom is 0.323 e. The van der Waals surface area contributed by atoms with E-state index < -0.39 is 4.92 Å². The SMILES string of the molecule is Nc1ccc2nc(Nc3nnco3)oc2c1.O=[N+]([O-])c1ccc2nc(Nc3nnco3)oc2c1. The van der Waals surface area contributed by atoms with E-state index in [1.165, 1.54) is 24.6 Å². The van der Waals surface area contributed by atoms with Crippen molar-refractivity contribution in [2.24, 2.45) is 0 Å². The zero-order valence-electron chi connectivity index (χ0n) is 16.8. The lowest BCUT2D eigenvalue weighted by molar-refractivity contribution is -0.384. The molecular formula is C18H12N10O6. The number of rotatable bonds is 5. The van der Waals surface area contributed by atoms with Gasteiger partial charge in [0.1, 0.15) is 11.0 Å². The Balaban J connectivity index is 0.000000142. The van der Waals surface area contributed by atoms with Crippen molar-refractivity contribution in [3.8, 4) is 0 Å². The summed E-state index contributed by atoms with van der Waals surface area (Å²) in [4.78, 5) is 18.3. The van der Waals surface area contributed by atoms with Crippen molar-refractivity contribution in [1.29, 1.82) is 0 Å². The standard InChI is InChI=1S/C9H5N5O4.C9H7N5O2/c15-14(16)5-1-2-6-7(3-5)18-8(11-6)12-9-13-10-4-17-9;10-5-1-2-6-7(3-5)16-8(12-6)13-9-14-11-4-15-9/h1-4H,(H,11,12,13);1-4H,10H2,(H,12,13,14). The summed E-state index contributed by atoms with van der Waals surface area (Å²) >= 11 is 0. The highest BCUT2D eigenvalue weighted by atomic mass is 16.6. The van der Waals surface area contributed by atoms with Crippen LogP contribution >= 0.6 is 0 Å². The highest BCUT2D eigenvalue weighted by molar-refractivity contribution is 5.78. The molecule has 0 bridgehead atoms. The molecule has 16 heteroatoms. The normalized spacial score (nSPS) is 10.7. The molecule has 0 spiro atoms. The number of nitrogen functional groups attached to an aromatic ring is 1. The van der Waals surface area contributed by atoms with Crippen LogP contribution in [0.3, 0.4) is 0 Å². The summed E-state index contributed by atoms with van der Waals surface area (Å²) in [6.07, 6.45) is 2.36. The molecule has 6 rings (SSSR count). The number of fused-ring (bicyclic) bond motifs is 2. The van der Waals surface area contributed by atoms with Crippen LogP contribution in [0, 0.1) is 10.1 Å². The Bertz CT molecular complexity index is 1560. The van der Waals surface area contributed by atoms with Gasteiger partial charge in [0.05, 0.1) is 11.0 Å². The lowest BCUT2D eigenvalue weighted by Gasteiger charge is -1.90. The molecule has 2 aromatic carbocycles. The van der Waals surface area contributed by atoms with Gasteiger partial charge in [0.25, 0.3) is 5.69 Å². The second-order valence-electron chi connectivity index (χ2n) is 6.41. The van der Waals surface area contributed by atoms with Crippen LogP contribution < -0.4 is 16.4 Å². The maximum absolute atomic E-state index is 10.6. The van der Waals surface area contributed by atoms with Gasteiger partial charge in [-0.1, -0.05) is 10.2 Å². The van der Waals surface area contributed by atoms with Crippen LogP contribution in [0.25, 0.3) is 22.2 Å². The number of nitro benzene ring substituents is 1. The largest absolute Gasteiger partial charge is 0.423 e. The van der Waals surface area contributed by atoms with Gasteiger partial charge >= 0.3 is 24.1 Å². The summed E-state index contributed by atoms with van der Waals surface area (Å²) in [5.41, 5.74) is 8.26. The first-order chi connectivity index (χ1) is 16.5. The van der Waals surface area contributed by atoms with Gasteiger partial charge < -0.3 is 23.4 Å². The van der Waals surface area contributed by atoms with Crippen LogP contribution in [0.1, 0.15) is 0 Å². The summed E-state index contributed by atoms with van der Waals surface area (Å²) in [7, 11) is 0.